The second-order valence-electron chi connectivity index (χ2n) is 3.20. The third-order valence-corrected chi connectivity index (χ3v) is 2.06. The fourth-order valence-electron chi connectivity index (χ4n) is 1.02. The molecule has 0 aliphatic rings. The van der Waals surface area contributed by atoms with E-state index in [1.54, 1.807) is 24.0 Å². The molecule has 1 heterocycles. The number of rotatable bonds is 5. The quantitative estimate of drug-likeness (QED) is 0.251. The smallest absolute Gasteiger partial charge is 0.230 e. The van der Waals surface area contributed by atoms with Crippen molar-refractivity contribution in [2.24, 2.45) is 16.8 Å². The van der Waals surface area contributed by atoms with Crippen molar-refractivity contribution >= 4 is 11.7 Å². The normalized spacial score (nSPS) is 13.4. The molecule has 0 saturated heterocycles. The van der Waals surface area contributed by atoms with Crippen LogP contribution in [-0.2, 0) is 11.3 Å². The first-order valence-corrected chi connectivity index (χ1v) is 4.74. The Bertz CT molecular complexity index is 361. The minimum absolute atomic E-state index is 0.113. The van der Waals surface area contributed by atoms with Gasteiger partial charge in [0.05, 0.1) is 18.7 Å². The van der Waals surface area contributed by atoms with Crippen molar-refractivity contribution in [3.8, 4) is 0 Å². The number of nitrogens with zero attached hydrogens (tertiary/aromatic N) is 4. The third-order valence-electron chi connectivity index (χ3n) is 2.06. The molecule has 0 aliphatic carbocycles. The average molecular weight is 226 g/mol. The monoisotopic (exact) mass is 226 g/mol. The number of carbonyl (C=O) groups is 1. The van der Waals surface area contributed by atoms with Crippen molar-refractivity contribution in [2.45, 2.75) is 13.5 Å². The lowest BCUT2D eigenvalue weighted by Gasteiger charge is -2.10. The zero-order valence-electron chi connectivity index (χ0n) is 8.87. The lowest BCUT2D eigenvalue weighted by Crippen LogP contribution is -2.38. The summed E-state index contributed by atoms with van der Waals surface area (Å²) in [6.45, 7) is 2.49. The zero-order chi connectivity index (χ0) is 12.0. The lowest BCUT2D eigenvalue weighted by atomic mass is 10.1. The summed E-state index contributed by atoms with van der Waals surface area (Å²) in [4.78, 5) is 11.4. The number of amides is 1. The highest BCUT2D eigenvalue weighted by Gasteiger charge is 2.16. The molecule has 0 saturated carbocycles. The van der Waals surface area contributed by atoms with Crippen LogP contribution >= 0.6 is 0 Å². The van der Waals surface area contributed by atoms with Gasteiger partial charge >= 0.3 is 0 Å². The molecule has 4 N–H and O–H groups in total. The van der Waals surface area contributed by atoms with E-state index < -0.39 is 5.92 Å². The van der Waals surface area contributed by atoms with Crippen molar-refractivity contribution in [1.82, 2.24) is 20.3 Å². The van der Waals surface area contributed by atoms with Crippen LogP contribution in [0.5, 0.6) is 0 Å². The van der Waals surface area contributed by atoms with Crippen LogP contribution in [0.1, 0.15) is 6.92 Å². The van der Waals surface area contributed by atoms with Crippen molar-refractivity contribution in [3.63, 3.8) is 0 Å². The summed E-state index contributed by atoms with van der Waals surface area (Å²) in [6, 6.07) is 0. The molecule has 8 nitrogen and oxygen atoms in total. The van der Waals surface area contributed by atoms with Gasteiger partial charge in [0.2, 0.25) is 5.91 Å². The zero-order valence-corrected chi connectivity index (χ0v) is 8.87. The van der Waals surface area contributed by atoms with Crippen molar-refractivity contribution in [3.05, 3.63) is 12.4 Å². The number of hydrogen-bond donors (Lipinski definition) is 3. The van der Waals surface area contributed by atoms with Gasteiger partial charge in [-0.15, -0.1) is 5.10 Å². The molecule has 1 aromatic rings. The highest BCUT2D eigenvalue weighted by atomic mass is 16.4. The van der Waals surface area contributed by atoms with Crippen molar-refractivity contribution in [1.29, 1.82) is 0 Å². The van der Waals surface area contributed by atoms with Gasteiger partial charge < -0.3 is 16.3 Å². The van der Waals surface area contributed by atoms with Gasteiger partial charge in [0.1, 0.15) is 0 Å². The van der Waals surface area contributed by atoms with Gasteiger partial charge in [0.25, 0.3) is 0 Å². The Morgan fingerprint density at radius 3 is 3.06 bits per heavy atom. The predicted molar refractivity (Wildman–Crippen MR) is 55.6 cm³/mol. The topological polar surface area (TPSA) is 118 Å². The first-order chi connectivity index (χ1) is 7.65. The predicted octanol–water partition coefficient (Wildman–Crippen LogP) is -1.22. The summed E-state index contributed by atoms with van der Waals surface area (Å²) in [5.41, 5.74) is 5.30. The van der Waals surface area contributed by atoms with Crippen molar-refractivity contribution in [2.75, 3.05) is 6.54 Å². The van der Waals surface area contributed by atoms with Gasteiger partial charge in [0, 0.05) is 12.7 Å². The molecule has 0 spiro atoms. The fraction of sp³-hybridized carbons (Fsp3) is 0.500. The maximum absolute atomic E-state index is 11.4. The maximum atomic E-state index is 11.4. The molecule has 1 aromatic heterocycles. The Morgan fingerprint density at radius 2 is 2.50 bits per heavy atom. The van der Waals surface area contributed by atoms with E-state index in [0.29, 0.717) is 13.1 Å². The molecule has 1 rings (SSSR count). The van der Waals surface area contributed by atoms with E-state index in [9.17, 15) is 4.79 Å². The summed E-state index contributed by atoms with van der Waals surface area (Å²) in [6.07, 6.45) is 3.25. The van der Waals surface area contributed by atoms with E-state index in [1.807, 2.05) is 0 Å². The molecule has 1 atom stereocenters. The van der Waals surface area contributed by atoms with Gasteiger partial charge in [0.15, 0.2) is 5.84 Å². The molecule has 0 aliphatic heterocycles. The van der Waals surface area contributed by atoms with E-state index in [-0.39, 0.29) is 11.7 Å². The van der Waals surface area contributed by atoms with Crippen LogP contribution in [0.25, 0.3) is 0 Å². The van der Waals surface area contributed by atoms with Gasteiger partial charge in [-0.3, -0.25) is 9.48 Å². The van der Waals surface area contributed by atoms with Gasteiger partial charge in [-0.25, -0.2) is 0 Å². The molecule has 16 heavy (non-hydrogen) atoms. The van der Waals surface area contributed by atoms with Crippen molar-refractivity contribution < 1.29 is 10.0 Å². The number of amidine groups is 1. The van der Waals surface area contributed by atoms with E-state index in [4.69, 9.17) is 10.9 Å². The summed E-state index contributed by atoms with van der Waals surface area (Å²) >= 11 is 0. The van der Waals surface area contributed by atoms with Gasteiger partial charge in [-0.05, 0) is 6.92 Å². The minimum atomic E-state index is -0.652. The number of nitrogens with one attached hydrogen (secondary N) is 1. The molecule has 0 radical (unpaired) electrons. The van der Waals surface area contributed by atoms with Crippen LogP contribution in [0.2, 0.25) is 0 Å². The molecule has 0 bridgehead atoms. The number of hydrogen-bond acceptors (Lipinski definition) is 5. The van der Waals surface area contributed by atoms with E-state index in [2.05, 4.69) is 20.8 Å². The first kappa shape index (κ1) is 12.0. The standard InChI is InChI=1S/C8H14N6O2/c1-6(7(9)12-16)8(15)10-2-4-14-5-3-11-13-14/h3,5-6,16H,2,4H2,1H3,(H2,9,12)(H,10,15). The summed E-state index contributed by atoms with van der Waals surface area (Å²) < 4.78 is 1.59. The number of aromatic nitrogens is 3. The van der Waals surface area contributed by atoms with Crippen LogP contribution < -0.4 is 11.1 Å². The molecule has 0 aromatic carbocycles. The highest BCUT2D eigenvalue weighted by Crippen LogP contribution is 1.94. The number of oxime groups is 1. The minimum Gasteiger partial charge on any atom is -0.409 e. The van der Waals surface area contributed by atoms with Crippen LogP contribution in [0.3, 0.4) is 0 Å². The van der Waals surface area contributed by atoms with Gasteiger partial charge in [-0.2, -0.15) is 0 Å². The maximum Gasteiger partial charge on any atom is 0.230 e. The number of nitrogens with two attached hydrogens (primary N) is 1. The summed E-state index contributed by atoms with van der Waals surface area (Å²) in [5.74, 6) is -1.06. The molecule has 88 valence electrons. The van der Waals surface area contributed by atoms with E-state index in [0.717, 1.165) is 0 Å². The van der Waals surface area contributed by atoms with Crippen LogP contribution in [0, 0.1) is 5.92 Å². The average Bonchev–Trinajstić information content (AvgIpc) is 2.79. The summed E-state index contributed by atoms with van der Waals surface area (Å²) in [5, 5.41) is 21.2. The van der Waals surface area contributed by atoms with E-state index in [1.165, 1.54) is 0 Å². The first-order valence-electron chi connectivity index (χ1n) is 4.74. The Labute approximate surface area is 92.1 Å². The fourth-order valence-corrected chi connectivity index (χ4v) is 1.02. The Hall–Kier alpha value is -2.12. The molecule has 8 heteroatoms. The molecule has 0 fully saturated rings. The SMILES string of the molecule is CC(C(=O)NCCn1ccnn1)/C(N)=N/O. The largest absolute Gasteiger partial charge is 0.409 e. The van der Waals surface area contributed by atoms with Crippen LogP contribution in [-0.4, -0.2) is 38.5 Å². The molecule has 1 unspecified atom stereocenters. The molecule has 1 amide bonds. The molecular weight excluding hydrogens is 212 g/mol. The van der Waals surface area contributed by atoms with Gasteiger partial charge in [-0.1, -0.05) is 10.4 Å². The Morgan fingerprint density at radius 1 is 1.75 bits per heavy atom. The summed E-state index contributed by atoms with van der Waals surface area (Å²) in [7, 11) is 0. The lowest BCUT2D eigenvalue weighted by molar-refractivity contribution is -0.122. The van der Waals surface area contributed by atoms with E-state index >= 15 is 0 Å². The highest BCUT2D eigenvalue weighted by molar-refractivity contribution is 6.01. The second kappa shape index (κ2) is 5.69. The molecular formula is C8H14N6O2. The van der Waals surface area contributed by atoms with Crippen LogP contribution in [0.15, 0.2) is 17.5 Å². The number of carbonyl (C=O) groups excluding carboxylic acids is 1. The second-order valence-corrected chi connectivity index (χ2v) is 3.20. The third kappa shape index (κ3) is 3.23. The Kier molecular flexibility index (Phi) is 4.25. The van der Waals surface area contributed by atoms with Crippen LogP contribution in [0.4, 0.5) is 0 Å². The Balaban J connectivity index is 2.30.